The van der Waals surface area contributed by atoms with Gasteiger partial charge in [-0.05, 0) is 43.5 Å². The number of piperidine rings is 1. The highest BCUT2D eigenvalue weighted by atomic mass is 19.4. The molecule has 0 aliphatic carbocycles. The van der Waals surface area contributed by atoms with E-state index in [9.17, 15) is 18.0 Å². The Labute approximate surface area is 176 Å². The summed E-state index contributed by atoms with van der Waals surface area (Å²) in [7, 11) is 0. The molecule has 1 aromatic carbocycles. The van der Waals surface area contributed by atoms with Crippen LogP contribution in [0.2, 0.25) is 0 Å². The highest BCUT2D eigenvalue weighted by molar-refractivity contribution is 5.96. The van der Waals surface area contributed by atoms with Gasteiger partial charge in [-0.25, -0.2) is 9.97 Å². The van der Waals surface area contributed by atoms with E-state index in [4.69, 9.17) is 5.73 Å². The molecule has 1 saturated heterocycles. The van der Waals surface area contributed by atoms with E-state index in [1.165, 1.54) is 18.5 Å². The number of amides is 1. The molecule has 0 atom stereocenters. The van der Waals surface area contributed by atoms with E-state index in [-0.39, 0.29) is 18.1 Å². The van der Waals surface area contributed by atoms with Crippen molar-refractivity contribution < 1.29 is 18.0 Å². The first-order valence-electron chi connectivity index (χ1n) is 9.96. The zero-order valence-electron chi connectivity index (χ0n) is 17.0. The van der Waals surface area contributed by atoms with Crippen molar-refractivity contribution >= 4 is 28.4 Å². The Morgan fingerprint density at radius 3 is 2.71 bits per heavy atom. The molecule has 164 valence electrons. The van der Waals surface area contributed by atoms with Gasteiger partial charge in [-0.15, -0.1) is 0 Å². The number of hydrogen-bond donors (Lipinski definition) is 3. The second kappa shape index (κ2) is 7.84. The lowest BCUT2D eigenvalue weighted by atomic mass is 9.77. The van der Waals surface area contributed by atoms with Gasteiger partial charge in [0.2, 0.25) is 5.91 Å². The number of fused-ring (bicyclic) bond motifs is 1. The average Bonchev–Trinajstić information content (AvgIpc) is 3.14. The van der Waals surface area contributed by atoms with Crippen molar-refractivity contribution in [3.63, 3.8) is 0 Å². The summed E-state index contributed by atoms with van der Waals surface area (Å²) in [5.41, 5.74) is 6.21. The molecule has 3 aromatic rings. The molecule has 1 amide bonds. The third-order valence-corrected chi connectivity index (χ3v) is 5.99. The molecule has 4 rings (SSSR count). The summed E-state index contributed by atoms with van der Waals surface area (Å²) in [5, 5.41) is 3.58. The van der Waals surface area contributed by atoms with Crippen molar-refractivity contribution in [1.29, 1.82) is 0 Å². The lowest BCUT2D eigenvalue weighted by Crippen LogP contribution is -2.50. The predicted molar refractivity (Wildman–Crippen MR) is 112 cm³/mol. The normalized spacial score (nSPS) is 16.5. The minimum atomic E-state index is -4.48. The van der Waals surface area contributed by atoms with Crippen molar-refractivity contribution in [1.82, 2.24) is 15.0 Å². The molecule has 0 bridgehead atoms. The molecule has 10 heteroatoms. The lowest BCUT2D eigenvalue weighted by Gasteiger charge is -2.40. The van der Waals surface area contributed by atoms with E-state index < -0.39 is 17.2 Å². The van der Waals surface area contributed by atoms with E-state index >= 15 is 0 Å². The molecular weight excluding hydrogens is 409 g/mol. The molecule has 2 aromatic heterocycles. The molecule has 7 nitrogen and oxygen atoms in total. The van der Waals surface area contributed by atoms with Gasteiger partial charge in [0.15, 0.2) is 0 Å². The van der Waals surface area contributed by atoms with E-state index in [2.05, 4.69) is 25.2 Å². The summed E-state index contributed by atoms with van der Waals surface area (Å²) >= 11 is 0. The molecule has 0 saturated carbocycles. The fraction of sp³-hybridized carbons (Fsp3) is 0.381. The van der Waals surface area contributed by atoms with Crippen LogP contribution in [0.15, 0.2) is 36.8 Å². The number of alkyl halides is 3. The standard InChI is InChI=1S/C21H23F3N6O/c1-13-10-26-17-16(13)18(28-12-27-17)30-7-5-20(11-25,6-8-30)19(31)29-15-4-2-3-14(9-15)21(22,23)24/h2-4,9-10,12H,5-8,11,25H2,1H3,(H,29,31)(H,26,27,28). The summed E-state index contributed by atoms with van der Waals surface area (Å²) in [6, 6.07) is 4.62. The molecule has 0 spiro atoms. The minimum absolute atomic E-state index is 0.105. The topological polar surface area (TPSA) is 99.9 Å². The summed E-state index contributed by atoms with van der Waals surface area (Å²) in [6.45, 7) is 3.17. The first-order valence-corrected chi connectivity index (χ1v) is 9.96. The van der Waals surface area contributed by atoms with Crippen molar-refractivity contribution in [2.24, 2.45) is 11.1 Å². The maximum atomic E-state index is 13.0. The number of aryl methyl sites for hydroxylation is 1. The first kappa shape index (κ1) is 21.1. The second-order valence-corrected chi connectivity index (χ2v) is 7.90. The lowest BCUT2D eigenvalue weighted by molar-refractivity contribution is -0.137. The predicted octanol–water partition coefficient (Wildman–Crippen LogP) is 3.47. The van der Waals surface area contributed by atoms with Crippen LogP contribution in [-0.2, 0) is 11.0 Å². The summed E-state index contributed by atoms with van der Waals surface area (Å²) in [5.74, 6) is 0.437. The smallest absolute Gasteiger partial charge is 0.356 e. The molecule has 1 aliphatic heterocycles. The number of carbonyl (C=O) groups excluding carboxylic acids is 1. The zero-order chi connectivity index (χ0) is 22.2. The minimum Gasteiger partial charge on any atom is -0.356 e. The summed E-state index contributed by atoms with van der Waals surface area (Å²) < 4.78 is 38.9. The Bertz CT molecular complexity index is 1100. The molecule has 31 heavy (non-hydrogen) atoms. The number of nitrogens with zero attached hydrogens (tertiary/aromatic N) is 3. The molecular formula is C21H23F3N6O. The van der Waals surface area contributed by atoms with Crippen LogP contribution in [0, 0.1) is 12.3 Å². The Morgan fingerprint density at radius 2 is 2.03 bits per heavy atom. The quantitative estimate of drug-likeness (QED) is 0.586. The van der Waals surface area contributed by atoms with Crippen molar-refractivity contribution in [2.45, 2.75) is 25.9 Å². The molecule has 4 N–H and O–H groups in total. The van der Waals surface area contributed by atoms with Crippen molar-refractivity contribution in [3.05, 3.63) is 47.9 Å². The van der Waals surface area contributed by atoms with Gasteiger partial charge in [-0.3, -0.25) is 4.79 Å². The van der Waals surface area contributed by atoms with Crippen LogP contribution in [0.4, 0.5) is 24.7 Å². The number of aromatic amines is 1. The van der Waals surface area contributed by atoms with Crippen LogP contribution >= 0.6 is 0 Å². The van der Waals surface area contributed by atoms with Crippen LogP contribution in [0.1, 0.15) is 24.0 Å². The highest BCUT2D eigenvalue weighted by Crippen LogP contribution is 2.36. The summed E-state index contributed by atoms with van der Waals surface area (Å²) in [4.78, 5) is 26.9. The van der Waals surface area contributed by atoms with Crippen LogP contribution in [0.3, 0.4) is 0 Å². The third kappa shape index (κ3) is 3.95. The van der Waals surface area contributed by atoms with Gasteiger partial charge >= 0.3 is 6.18 Å². The number of aromatic nitrogens is 3. The summed E-state index contributed by atoms with van der Waals surface area (Å²) in [6.07, 6.45) is -0.179. The molecule has 0 radical (unpaired) electrons. The van der Waals surface area contributed by atoms with Gasteiger partial charge in [0.25, 0.3) is 0 Å². The molecule has 1 aliphatic rings. The van der Waals surface area contributed by atoms with E-state index in [0.29, 0.717) is 25.9 Å². The number of rotatable bonds is 4. The van der Waals surface area contributed by atoms with Gasteiger partial charge in [0.05, 0.1) is 16.4 Å². The molecule has 1 fully saturated rings. The largest absolute Gasteiger partial charge is 0.416 e. The third-order valence-electron chi connectivity index (χ3n) is 5.99. The Kier molecular flexibility index (Phi) is 5.34. The van der Waals surface area contributed by atoms with Crippen LogP contribution < -0.4 is 16.0 Å². The van der Waals surface area contributed by atoms with Gasteiger partial charge in [0.1, 0.15) is 17.8 Å². The van der Waals surface area contributed by atoms with Crippen molar-refractivity contribution in [2.75, 3.05) is 29.9 Å². The van der Waals surface area contributed by atoms with Gasteiger partial charge in [0, 0.05) is 31.5 Å². The van der Waals surface area contributed by atoms with E-state index in [0.717, 1.165) is 34.5 Å². The molecule has 3 heterocycles. The zero-order valence-corrected chi connectivity index (χ0v) is 17.0. The van der Waals surface area contributed by atoms with Crippen LogP contribution in [0.5, 0.6) is 0 Å². The number of carbonyl (C=O) groups is 1. The van der Waals surface area contributed by atoms with Crippen LogP contribution in [0.25, 0.3) is 11.0 Å². The molecule has 0 unspecified atom stereocenters. The number of benzene rings is 1. The SMILES string of the molecule is Cc1c[nH]c2ncnc(N3CCC(CN)(C(=O)Nc4cccc(C(F)(F)F)c4)CC3)c12. The fourth-order valence-corrected chi connectivity index (χ4v) is 4.04. The van der Waals surface area contributed by atoms with Gasteiger partial charge in [-0.2, -0.15) is 13.2 Å². The number of nitrogens with two attached hydrogens (primary N) is 1. The van der Waals surface area contributed by atoms with Crippen LogP contribution in [-0.4, -0.2) is 40.5 Å². The maximum Gasteiger partial charge on any atom is 0.416 e. The van der Waals surface area contributed by atoms with E-state index in [1.54, 1.807) is 0 Å². The van der Waals surface area contributed by atoms with Gasteiger partial charge < -0.3 is 20.9 Å². The Morgan fingerprint density at radius 1 is 1.29 bits per heavy atom. The first-order chi connectivity index (χ1) is 14.7. The number of nitrogens with one attached hydrogen (secondary N) is 2. The number of anilines is 2. The van der Waals surface area contributed by atoms with E-state index in [1.807, 2.05) is 13.1 Å². The van der Waals surface area contributed by atoms with Gasteiger partial charge in [-0.1, -0.05) is 6.07 Å². The second-order valence-electron chi connectivity index (χ2n) is 7.90. The number of H-pyrrole nitrogens is 1. The Hall–Kier alpha value is -3.14. The number of hydrogen-bond acceptors (Lipinski definition) is 5. The maximum absolute atomic E-state index is 13.0. The monoisotopic (exact) mass is 432 g/mol. The Balaban J connectivity index is 1.51. The average molecular weight is 432 g/mol. The van der Waals surface area contributed by atoms with Crippen molar-refractivity contribution in [3.8, 4) is 0 Å². The highest BCUT2D eigenvalue weighted by Gasteiger charge is 2.41. The fourth-order valence-electron chi connectivity index (χ4n) is 4.04. The number of halogens is 3.